The Morgan fingerprint density at radius 3 is 2.83 bits per heavy atom. The summed E-state index contributed by atoms with van der Waals surface area (Å²) < 4.78 is 0. The third-order valence-electron chi connectivity index (χ3n) is 3.66. The number of anilines is 2. The third-order valence-corrected chi connectivity index (χ3v) is 3.66. The van der Waals surface area contributed by atoms with E-state index in [1.807, 2.05) is 23.1 Å². The molecule has 0 bridgehead atoms. The largest absolute Gasteiger partial charge is 0.399 e. The van der Waals surface area contributed by atoms with Gasteiger partial charge in [0.15, 0.2) is 0 Å². The van der Waals surface area contributed by atoms with Crippen LogP contribution in [0.4, 0.5) is 11.4 Å². The van der Waals surface area contributed by atoms with E-state index >= 15 is 0 Å². The normalized spacial score (nSPS) is 16.6. The van der Waals surface area contributed by atoms with Crippen LogP contribution in [0.1, 0.15) is 25.3 Å². The minimum Gasteiger partial charge on any atom is -0.399 e. The first-order valence-corrected chi connectivity index (χ1v) is 6.54. The van der Waals surface area contributed by atoms with Crippen molar-refractivity contribution in [2.45, 2.75) is 26.2 Å². The molecule has 0 aromatic heterocycles. The molecule has 0 radical (unpaired) electrons. The van der Waals surface area contributed by atoms with E-state index < -0.39 is 0 Å². The fraction of sp³-hybridized carbons (Fsp3) is 0.500. The Kier molecular flexibility index (Phi) is 3.87. The Bertz CT molecular complexity index is 441. The number of carbonyl (C=O) groups is 1. The fourth-order valence-electron chi connectivity index (χ4n) is 2.41. The van der Waals surface area contributed by atoms with Crippen molar-refractivity contribution in [1.82, 2.24) is 0 Å². The summed E-state index contributed by atoms with van der Waals surface area (Å²) in [4.78, 5) is 13.9. The van der Waals surface area contributed by atoms with Gasteiger partial charge in [0.25, 0.3) is 0 Å². The van der Waals surface area contributed by atoms with Crippen LogP contribution in [0.3, 0.4) is 0 Å². The van der Waals surface area contributed by atoms with E-state index in [4.69, 9.17) is 11.5 Å². The molecule has 18 heavy (non-hydrogen) atoms. The van der Waals surface area contributed by atoms with Crippen molar-refractivity contribution in [3.05, 3.63) is 23.8 Å². The number of rotatable bonds is 4. The zero-order chi connectivity index (χ0) is 13.1. The van der Waals surface area contributed by atoms with E-state index in [1.165, 1.54) is 5.56 Å². The summed E-state index contributed by atoms with van der Waals surface area (Å²) in [7, 11) is 0. The minimum absolute atomic E-state index is 0.194. The number of nitrogens with two attached hydrogens (primary N) is 2. The van der Waals surface area contributed by atoms with Crippen LogP contribution in [0.2, 0.25) is 0 Å². The number of nitrogens with zero attached hydrogens (tertiary/aromatic N) is 1. The molecule has 0 saturated heterocycles. The van der Waals surface area contributed by atoms with Crippen LogP contribution in [0.15, 0.2) is 18.2 Å². The number of aryl methyl sites for hydroxylation is 1. The molecule has 1 aliphatic rings. The van der Waals surface area contributed by atoms with Crippen molar-refractivity contribution in [3.8, 4) is 0 Å². The summed E-state index contributed by atoms with van der Waals surface area (Å²) in [6, 6.07) is 5.77. The van der Waals surface area contributed by atoms with Crippen LogP contribution in [0.25, 0.3) is 0 Å². The molecule has 4 nitrogen and oxygen atoms in total. The lowest BCUT2D eigenvalue weighted by molar-refractivity contribution is -0.119. The van der Waals surface area contributed by atoms with Gasteiger partial charge in [-0.3, -0.25) is 4.79 Å². The summed E-state index contributed by atoms with van der Waals surface area (Å²) in [5.41, 5.74) is 14.5. The Hall–Kier alpha value is -1.55. The van der Waals surface area contributed by atoms with E-state index in [0.717, 1.165) is 24.2 Å². The van der Waals surface area contributed by atoms with Gasteiger partial charge in [-0.25, -0.2) is 0 Å². The van der Waals surface area contributed by atoms with Gasteiger partial charge in [-0.05, 0) is 42.6 Å². The van der Waals surface area contributed by atoms with E-state index in [2.05, 4.69) is 6.92 Å². The molecule has 0 fully saturated rings. The van der Waals surface area contributed by atoms with Gasteiger partial charge in [0.2, 0.25) is 5.91 Å². The molecular weight excluding hydrogens is 226 g/mol. The first-order valence-electron chi connectivity index (χ1n) is 6.54. The van der Waals surface area contributed by atoms with Gasteiger partial charge in [-0.1, -0.05) is 13.3 Å². The highest BCUT2D eigenvalue weighted by molar-refractivity contribution is 5.96. The summed E-state index contributed by atoms with van der Waals surface area (Å²) in [6.07, 6.45) is 2.34. The van der Waals surface area contributed by atoms with Crippen molar-refractivity contribution >= 4 is 17.3 Å². The lowest BCUT2D eigenvalue weighted by Crippen LogP contribution is -2.40. The second-order valence-electron chi connectivity index (χ2n) is 4.90. The molecule has 0 spiro atoms. The summed E-state index contributed by atoms with van der Waals surface area (Å²) >= 11 is 0. The SMILES string of the molecule is CCC(CN)CN1C(=O)CCc2cc(N)ccc21. The van der Waals surface area contributed by atoms with Crippen LogP contribution in [0, 0.1) is 5.92 Å². The summed E-state index contributed by atoms with van der Waals surface area (Å²) in [6.45, 7) is 3.43. The average Bonchev–Trinajstić information content (AvgIpc) is 2.38. The number of amides is 1. The maximum atomic E-state index is 12.1. The second kappa shape index (κ2) is 5.40. The van der Waals surface area contributed by atoms with Crippen LogP contribution in [-0.4, -0.2) is 19.0 Å². The Morgan fingerprint density at radius 2 is 2.17 bits per heavy atom. The Morgan fingerprint density at radius 1 is 1.39 bits per heavy atom. The predicted octanol–water partition coefficient (Wildman–Crippen LogP) is 1.53. The molecule has 4 heteroatoms. The third kappa shape index (κ3) is 2.48. The maximum Gasteiger partial charge on any atom is 0.227 e. The molecule has 1 heterocycles. The molecule has 1 aromatic carbocycles. The van der Waals surface area contributed by atoms with Crippen LogP contribution in [0.5, 0.6) is 0 Å². The molecule has 2 rings (SSSR count). The van der Waals surface area contributed by atoms with Crippen LogP contribution < -0.4 is 16.4 Å². The van der Waals surface area contributed by atoms with Crippen LogP contribution >= 0.6 is 0 Å². The molecule has 1 aliphatic heterocycles. The van der Waals surface area contributed by atoms with Gasteiger partial charge >= 0.3 is 0 Å². The molecule has 1 atom stereocenters. The fourth-order valence-corrected chi connectivity index (χ4v) is 2.41. The Balaban J connectivity index is 2.27. The highest BCUT2D eigenvalue weighted by Gasteiger charge is 2.25. The van der Waals surface area contributed by atoms with E-state index in [0.29, 0.717) is 25.4 Å². The highest BCUT2D eigenvalue weighted by Crippen LogP contribution is 2.30. The molecule has 4 N–H and O–H groups in total. The van der Waals surface area contributed by atoms with E-state index in [1.54, 1.807) is 0 Å². The monoisotopic (exact) mass is 247 g/mol. The molecule has 98 valence electrons. The topological polar surface area (TPSA) is 72.3 Å². The van der Waals surface area contributed by atoms with Crippen molar-refractivity contribution in [3.63, 3.8) is 0 Å². The summed E-state index contributed by atoms with van der Waals surface area (Å²) in [5, 5.41) is 0. The zero-order valence-electron chi connectivity index (χ0n) is 10.9. The summed E-state index contributed by atoms with van der Waals surface area (Å²) in [5.74, 6) is 0.552. The molecule has 0 saturated carbocycles. The molecule has 1 aromatic rings. The van der Waals surface area contributed by atoms with Gasteiger partial charge in [0, 0.05) is 24.3 Å². The number of carbonyl (C=O) groups excluding carboxylic acids is 1. The lowest BCUT2D eigenvalue weighted by atomic mass is 9.98. The molecule has 1 unspecified atom stereocenters. The molecule has 0 aliphatic carbocycles. The second-order valence-corrected chi connectivity index (χ2v) is 4.90. The molecule has 1 amide bonds. The van der Waals surface area contributed by atoms with Crippen molar-refractivity contribution in [2.24, 2.45) is 11.7 Å². The maximum absolute atomic E-state index is 12.1. The first kappa shape index (κ1) is 12.9. The number of nitrogen functional groups attached to an aromatic ring is 1. The number of fused-ring (bicyclic) bond motifs is 1. The highest BCUT2D eigenvalue weighted by atomic mass is 16.2. The van der Waals surface area contributed by atoms with E-state index in [-0.39, 0.29) is 5.91 Å². The van der Waals surface area contributed by atoms with Gasteiger partial charge in [0.1, 0.15) is 0 Å². The minimum atomic E-state index is 0.194. The quantitative estimate of drug-likeness (QED) is 0.793. The average molecular weight is 247 g/mol. The van der Waals surface area contributed by atoms with Crippen LogP contribution in [-0.2, 0) is 11.2 Å². The van der Waals surface area contributed by atoms with Crippen molar-refractivity contribution < 1.29 is 4.79 Å². The van der Waals surface area contributed by atoms with Crippen molar-refractivity contribution in [1.29, 1.82) is 0 Å². The standard InChI is InChI=1S/C14H21N3O/c1-2-10(8-15)9-17-13-5-4-12(16)7-11(13)3-6-14(17)18/h4-5,7,10H,2-3,6,8-9,15-16H2,1H3. The first-order chi connectivity index (χ1) is 8.65. The number of hydrogen-bond donors (Lipinski definition) is 2. The smallest absolute Gasteiger partial charge is 0.227 e. The van der Waals surface area contributed by atoms with E-state index in [9.17, 15) is 4.79 Å². The number of benzene rings is 1. The van der Waals surface area contributed by atoms with Gasteiger partial charge < -0.3 is 16.4 Å². The lowest BCUT2D eigenvalue weighted by Gasteiger charge is -2.32. The zero-order valence-corrected chi connectivity index (χ0v) is 10.9. The number of hydrogen-bond acceptors (Lipinski definition) is 3. The Labute approximate surface area is 108 Å². The van der Waals surface area contributed by atoms with Gasteiger partial charge in [-0.2, -0.15) is 0 Å². The van der Waals surface area contributed by atoms with Crippen molar-refractivity contribution in [2.75, 3.05) is 23.7 Å². The van der Waals surface area contributed by atoms with Gasteiger partial charge in [-0.15, -0.1) is 0 Å². The predicted molar refractivity (Wildman–Crippen MR) is 74.4 cm³/mol. The van der Waals surface area contributed by atoms with Gasteiger partial charge in [0.05, 0.1) is 0 Å². The molecular formula is C14H21N3O.